The molecule has 0 aromatic carbocycles. The summed E-state index contributed by atoms with van der Waals surface area (Å²) in [6, 6.07) is 0. The van der Waals surface area contributed by atoms with Crippen molar-refractivity contribution in [3.63, 3.8) is 0 Å². The summed E-state index contributed by atoms with van der Waals surface area (Å²) >= 11 is 0. The minimum Gasteiger partial charge on any atom is -0.330 e. The first-order valence-electron chi connectivity index (χ1n) is 3.43. The average Bonchev–Trinajstić information content (AvgIpc) is 1.88. The molecular weight excluding hydrogens is 167 g/mol. The second-order valence-electron chi connectivity index (χ2n) is 2.28. The van der Waals surface area contributed by atoms with Gasteiger partial charge in [0, 0.05) is 0 Å². The van der Waals surface area contributed by atoms with Crippen LogP contribution in [0.3, 0.4) is 0 Å². The van der Waals surface area contributed by atoms with Crippen molar-refractivity contribution in [2.24, 2.45) is 11.5 Å². The first kappa shape index (κ1) is 11.1. The molecule has 0 bridgehead atoms. The second kappa shape index (κ2) is 4.85. The van der Waals surface area contributed by atoms with Crippen molar-refractivity contribution in [3.8, 4) is 0 Å². The molecule has 2 unspecified atom stereocenters. The van der Waals surface area contributed by atoms with Crippen LogP contribution in [0.5, 0.6) is 0 Å². The van der Waals surface area contributed by atoms with Crippen LogP contribution in [0.25, 0.3) is 0 Å². The molecule has 0 saturated heterocycles. The summed E-state index contributed by atoms with van der Waals surface area (Å²) in [6.45, 7) is 2.06. The van der Waals surface area contributed by atoms with Gasteiger partial charge in [-0.05, 0) is 19.9 Å². The summed E-state index contributed by atoms with van der Waals surface area (Å²) in [4.78, 5) is 8.99. The molecule has 5 N–H and O–H groups in total. The Morgan fingerprint density at radius 1 is 1.73 bits per heavy atom. The molecule has 2 atom stereocenters. The Morgan fingerprint density at radius 3 is 2.64 bits per heavy atom. The van der Waals surface area contributed by atoms with Crippen LogP contribution in [-0.4, -0.2) is 23.8 Å². The Kier molecular flexibility index (Phi) is 4.88. The zero-order chi connectivity index (χ0) is 8.91. The van der Waals surface area contributed by atoms with Gasteiger partial charge in [-0.15, -0.1) is 0 Å². The maximum atomic E-state index is 11.0. The van der Waals surface area contributed by atoms with Crippen LogP contribution in [-0.2, 0) is 9.09 Å². The van der Waals surface area contributed by atoms with Crippen molar-refractivity contribution in [3.05, 3.63) is 0 Å². The van der Waals surface area contributed by atoms with Gasteiger partial charge in [0.05, 0.1) is 6.61 Å². The highest BCUT2D eigenvalue weighted by molar-refractivity contribution is 7.53. The van der Waals surface area contributed by atoms with Crippen LogP contribution in [0.15, 0.2) is 0 Å². The Morgan fingerprint density at radius 2 is 2.27 bits per heavy atom. The summed E-state index contributed by atoms with van der Waals surface area (Å²) in [5, 5.41) is 0. The smallest absolute Gasteiger partial charge is 0.330 e. The summed E-state index contributed by atoms with van der Waals surface area (Å²) in [5.41, 5.74) is 10.3. The van der Waals surface area contributed by atoms with E-state index in [9.17, 15) is 4.57 Å². The number of nitrogens with two attached hydrogens (primary N) is 2. The van der Waals surface area contributed by atoms with Crippen molar-refractivity contribution >= 4 is 7.60 Å². The Hall–Kier alpha value is 0.0700. The molecule has 6 heteroatoms. The third-order valence-corrected chi connectivity index (χ3v) is 2.72. The van der Waals surface area contributed by atoms with Gasteiger partial charge in [-0.3, -0.25) is 4.57 Å². The van der Waals surface area contributed by atoms with E-state index in [2.05, 4.69) is 4.52 Å². The molecule has 11 heavy (non-hydrogen) atoms. The lowest BCUT2D eigenvalue weighted by Gasteiger charge is -2.14. The van der Waals surface area contributed by atoms with Gasteiger partial charge < -0.3 is 20.9 Å². The van der Waals surface area contributed by atoms with Crippen LogP contribution < -0.4 is 11.5 Å². The molecule has 0 amide bonds. The predicted molar refractivity (Wildman–Crippen MR) is 43.1 cm³/mol. The highest BCUT2D eigenvalue weighted by Crippen LogP contribution is 2.44. The average molecular weight is 182 g/mol. The van der Waals surface area contributed by atoms with Gasteiger partial charge >= 0.3 is 7.60 Å². The maximum absolute atomic E-state index is 11.0. The summed E-state index contributed by atoms with van der Waals surface area (Å²) in [6.07, 6.45) is 0.567. The monoisotopic (exact) mass is 182 g/mol. The van der Waals surface area contributed by atoms with Crippen LogP contribution >= 0.6 is 7.60 Å². The molecule has 68 valence electrons. The van der Waals surface area contributed by atoms with E-state index in [-0.39, 0.29) is 6.61 Å². The third kappa shape index (κ3) is 4.50. The normalized spacial score (nSPS) is 19.3. The second-order valence-corrected chi connectivity index (χ2v) is 4.48. The first-order valence-corrected chi connectivity index (χ1v) is 5.08. The fraction of sp³-hybridized carbons (Fsp3) is 1.00. The molecule has 0 fully saturated rings. The van der Waals surface area contributed by atoms with Gasteiger partial charge in [0.15, 0.2) is 0 Å². The first-order chi connectivity index (χ1) is 5.00. The lowest BCUT2D eigenvalue weighted by Crippen LogP contribution is -2.17. The highest BCUT2D eigenvalue weighted by Gasteiger charge is 2.24. The van der Waals surface area contributed by atoms with Crippen LogP contribution in [0.1, 0.15) is 13.3 Å². The number of rotatable bonds is 5. The molecule has 0 heterocycles. The van der Waals surface area contributed by atoms with E-state index in [1.807, 2.05) is 0 Å². The lowest BCUT2D eigenvalue weighted by molar-refractivity contribution is 0.251. The van der Waals surface area contributed by atoms with E-state index in [1.54, 1.807) is 0 Å². The maximum Gasteiger partial charge on any atom is 0.344 e. The molecule has 0 aliphatic heterocycles. The Bertz CT molecular complexity index is 151. The molecule has 5 nitrogen and oxygen atoms in total. The number of hydrogen-bond acceptors (Lipinski definition) is 4. The van der Waals surface area contributed by atoms with E-state index < -0.39 is 13.4 Å². The Labute approximate surface area is 66.2 Å². The zero-order valence-corrected chi connectivity index (χ0v) is 7.46. The minimum absolute atomic E-state index is 0.186. The summed E-state index contributed by atoms with van der Waals surface area (Å²) in [5.74, 6) is -0.833. The standard InChI is InChI=1S/C5H15N2O3P/c1-5(7)11(8,9)10-4-2-3-6/h5H,2-4,6-7H2,1H3,(H,8,9). The predicted octanol–water partition coefficient (Wildman–Crippen LogP) is -0.158. The molecule has 0 aromatic heterocycles. The van der Waals surface area contributed by atoms with Crippen molar-refractivity contribution < 1.29 is 14.0 Å². The molecule has 0 saturated carbocycles. The van der Waals surface area contributed by atoms with Gasteiger partial charge in [-0.1, -0.05) is 0 Å². The third-order valence-electron chi connectivity index (χ3n) is 1.14. The fourth-order valence-corrected chi connectivity index (χ4v) is 1.02. The van der Waals surface area contributed by atoms with Crippen molar-refractivity contribution in [1.82, 2.24) is 0 Å². The SMILES string of the molecule is CC(N)P(=O)(O)OCCCN. The van der Waals surface area contributed by atoms with Crippen LogP contribution in [0.4, 0.5) is 0 Å². The molecule has 0 aliphatic carbocycles. The molecule has 0 spiro atoms. The van der Waals surface area contributed by atoms with Crippen molar-refractivity contribution in [2.45, 2.75) is 19.1 Å². The molecule has 0 aromatic rings. The quantitative estimate of drug-likeness (QED) is 0.405. The van der Waals surface area contributed by atoms with E-state index in [0.29, 0.717) is 13.0 Å². The minimum atomic E-state index is -3.57. The Balaban J connectivity index is 3.65. The van der Waals surface area contributed by atoms with E-state index in [1.165, 1.54) is 6.92 Å². The van der Waals surface area contributed by atoms with Gasteiger partial charge in [-0.2, -0.15) is 0 Å². The summed E-state index contributed by atoms with van der Waals surface area (Å²) < 4.78 is 15.6. The topological polar surface area (TPSA) is 98.6 Å². The largest absolute Gasteiger partial charge is 0.344 e. The van der Waals surface area contributed by atoms with Crippen molar-refractivity contribution in [1.29, 1.82) is 0 Å². The van der Waals surface area contributed by atoms with Crippen LogP contribution in [0.2, 0.25) is 0 Å². The van der Waals surface area contributed by atoms with Crippen molar-refractivity contribution in [2.75, 3.05) is 13.2 Å². The van der Waals surface area contributed by atoms with Gasteiger partial charge in [-0.25, -0.2) is 0 Å². The molecule has 0 radical (unpaired) electrons. The summed E-state index contributed by atoms with van der Waals surface area (Å²) in [7, 11) is -3.57. The van der Waals surface area contributed by atoms with Crippen LogP contribution in [0, 0.1) is 0 Å². The van der Waals surface area contributed by atoms with Gasteiger partial charge in [0.1, 0.15) is 5.78 Å². The fourth-order valence-electron chi connectivity index (χ4n) is 0.396. The zero-order valence-electron chi connectivity index (χ0n) is 6.56. The molecular formula is C5H15N2O3P. The number of hydrogen-bond donors (Lipinski definition) is 3. The molecule has 0 aliphatic rings. The van der Waals surface area contributed by atoms with Gasteiger partial charge in [0.25, 0.3) is 0 Å². The van der Waals surface area contributed by atoms with E-state index in [0.717, 1.165) is 0 Å². The highest BCUT2D eigenvalue weighted by atomic mass is 31.2. The van der Waals surface area contributed by atoms with Gasteiger partial charge in [0.2, 0.25) is 0 Å². The van der Waals surface area contributed by atoms with E-state index in [4.69, 9.17) is 16.4 Å². The van der Waals surface area contributed by atoms with E-state index >= 15 is 0 Å². The lowest BCUT2D eigenvalue weighted by atomic mass is 10.5. The molecule has 0 rings (SSSR count).